The zero-order chi connectivity index (χ0) is 15.5. The number of nitrogens with zero attached hydrogens (tertiary/aromatic N) is 3. The van der Waals surface area contributed by atoms with Gasteiger partial charge in [0.2, 0.25) is 5.95 Å². The summed E-state index contributed by atoms with van der Waals surface area (Å²) in [6, 6.07) is 5.99. The summed E-state index contributed by atoms with van der Waals surface area (Å²) in [7, 11) is 0. The molecular formula is C14H15F3N4. The van der Waals surface area contributed by atoms with Crippen LogP contribution in [0.3, 0.4) is 0 Å². The monoisotopic (exact) mass is 296 g/mol. The molecule has 0 aliphatic rings. The lowest BCUT2D eigenvalue weighted by Gasteiger charge is -2.22. The van der Waals surface area contributed by atoms with Gasteiger partial charge >= 0.3 is 6.18 Å². The molecule has 0 unspecified atom stereocenters. The third kappa shape index (κ3) is 3.90. The van der Waals surface area contributed by atoms with Gasteiger partial charge in [-0.3, -0.25) is 4.98 Å². The molecule has 1 N–H and O–H groups in total. The Bertz CT molecular complexity index is 584. The molecule has 2 rings (SSSR count). The van der Waals surface area contributed by atoms with Crippen molar-refractivity contribution >= 4 is 5.95 Å². The highest BCUT2D eigenvalue weighted by Gasteiger charge is 2.33. The highest BCUT2D eigenvalue weighted by Crippen LogP contribution is 2.29. The SMILES string of the molecule is CC(C)[C@@H](Nc1nccc(C(F)(F)F)n1)c1ccccn1. The van der Waals surface area contributed by atoms with E-state index in [1.807, 2.05) is 26.0 Å². The van der Waals surface area contributed by atoms with Crippen molar-refractivity contribution in [3.8, 4) is 0 Å². The quantitative estimate of drug-likeness (QED) is 0.934. The van der Waals surface area contributed by atoms with E-state index in [9.17, 15) is 13.2 Å². The molecule has 0 saturated carbocycles. The van der Waals surface area contributed by atoms with Gasteiger partial charge in [-0.2, -0.15) is 13.2 Å². The molecule has 112 valence electrons. The topological polar surface area (TPSA) is 50.7 Å². The highest BCUT2D eigenvalue weighted by molar-refractivity contribution is 5.31. The number of halogens is 3. The smallest absolute Gasteiger partial charge is 0.346 e. The first kappa shape index (κ1) is 15.2. The predicted octanol–water partition coefficient (Wildman–Crippen LogP) is 3.70. The van der Waals surface area contributed by atoms with Gasteiger partial charge in [0.1, 0.15) is 5.69 Å². The Balaban J connectivity index is 2.26. The summed E-state index contributed by atoms with van der Waals surface area (Å²) in [6.45, 7) is 3.89. The first-order valence-corrected chi connectivity index (χ1v) is 6.45. The Kier molecular flexibility index (Phi) is 4.40. The second kappa shape index (κ2) is 6.07. The van der Waals surface area contributed by atoms with Gasteiger partial charge in [-0.15, -0.1) is 0 Å². The van der Waals surface area contributed by atoms with Crippen LogP contribution in [-0.4, -0.2) is 15.0 Å². The van der Waals surface area contributed by atoms with Gasteiger partial charge < -0.3 is 5.32 Å². The standard InChI is InChI=1S/C14H15F3N4/c1-9(2)12(10-5-3-4-7-18-10)21-13-19-8-6-11(20-13)14(15,16)17/h3-9,12H,1-2H3,(H,19,20,21)/t12-/m1/s1. The molecule has 7 heteroatoms. The molecule has 0 radical (unpaired) electrons. The summed E-state index contributed by atoms with van der Waals surface area (Å²) in [5.74, 6) is 0.0484. The summed E-state index contributed by atoms with van der Waals surface area (Å²) < 4.78 is 38.0. The van der Waals surface area contributed by atoms with Crippen molar-refractivity contribution in [3.05, 3.63) is 48.0 Å². The van der Waals surface area contributed by atoms with Crippen LogP contribution in [0.5, 0.6) is 0 Å². The Morgan fingerprint density at radius 3 is 2.38 bits per heavy atom. The molecule has 0 bridgehead atoms. The number of nitrogens with one attached hydrogen (secondary N) is 1. The van der Waals surface area contributed by atoms with Crippen molar-refractivity contribution in [2.45, 2.75) is 26.1 Å². The van der Waals surface area contributed by atoms with Crippen molar-refractivity contribution in [3.63, 3.8) is 0 Å². The third-order valence-electron chi connectivity index (χ3n) is 2.90. The average molecular weight is 296 g/mol. The van der Waals surface area contributed by atoms with Crippen LogP contribution in [0.15, 0.2) is 36.7 Å². The second-order valence-electron chi connectivity index (χ2n) is 4.88. The Labute approximate surface area is 120 Å². The molecule has 0 aromatic carbocycles. The molecule has 2 aromatic rings. The fourth-order valence-electron chi connectivity index (χ4n) is 1.87. The molecule has 0 spiro atoms. The number of pyridine rings is 1. The zero-order valence-electron chi connectivity index (χ0n) is 11.6. The van der Waals surface area contributed by atoms with Crippen LogP contribution in [0.25, 0.3) is 0 Å². The van der Waals surface area contributed by atoms with Crippen LogP contribution in [-0.2, 0) is 6.18 Å². The maximum Gasteiger partial charge on any atom is 0.433 e. The maximum absolute atomic E-state index is 12.7. The van der Waals surface area contributed by atoms with Crippen LogP contribution in [0.2, 0.25) is 0 Å². The van der Waals surface area contributed by atoms with E-state index in [2.05, 4.69) is 20.3 Å². The molecule has 1 atom stereocenters. The lowest BCUT2D eigenvalue weighted by molar-refractivity contribution is -0.141. The highest BCUT2D eigenvalue weighted by atomic mass is 19.4. The minimum absolute atomic E-state index is 0.0609. The van der Waals surface area contributed by atoms with Crippen LogP contribution < -0.4 is 5.32 Å². The van der Waals surface area contributed by atoms with Gasteiger partial charge in [-0.25, -0.2) is 9.97 Å². The minimum Gasteiger partial charge on any atom is -0.346 e. The Morgan fingerprint density at radius 1 is 1.05 bits per heavy atom. The largest absolute Gasteiger partial charge is 0.433 e. The first-order valence-electron chi connectivity index (χ1n) is 6.45. The molecule has 2 heterocycles. The maximum atomic E-state index is 12.7. The van der Waals surface area contributed by atoms with Crippen LogP contribution in [0, 0.1) is 5.92 Å². The third-order valence-corrected chi connectivity index (χ3v) is 2.90. The molecule has 2 aromatic heterocycles. The Hall–Kier alpha value is -2.18. The van der Waals surface area contributed by atoms with Crippen molar-refractivity contribution in [2.75, 3.05) is 5.32 Å². The van der Waals surface area contributed by atoms with Crippen molar-refractivity contribution in [2.24, 2.45) is 5.92 Å². The van der Waals surface area contributed by atoms with Crippen molar-refractivity contribution in [1.82, 2.24) is 15.0 Å². The van der Waals surface area contributed by atoms with Crippen LogP contribution in [0.1, 0.15) is 31.3 Å². The van der Waals surface area contributed by atoms with Gasteiger partial charge in [0.25, 0.3) is 0 Å². The van der Waals surface area contributed by atoms with E-state index in [-0.39, 0.29) is 17.9 Å². The number of hydrogen-bond acceptors (Lipinski definition) is 4. The zero-order valence-corrected chi connectivity index (χ0v) is 11.6. The van der Waals surface area contributed by atoms with Crippen LogP contribution in [0.4, 0.5) is 19.1 Å². The van der Waals surface area contributed by atoms with Crippen molar-refractivity contribution < 1.29 is 13.2 Å². The van der Waals surface area contributed by atoms with E-state index in [0.29, 0.717) is 0 Å². The van der Waals surface area contributed by atoms with E-state index >= 15 is 0 Å². The lowest BCUT2D eigenvalue weighted by Crippen LogP contribution is -2.20. The normalized spacial score (nSPS) is 13.2. The van der Waals surface area contributed by atoms with E-state index in [0.717, 1.165) is 18.0 Å². The van der Waals surface area contributed by atoms with Crippen LogP contribution >= 0.6 is 0 Å². The van der Waals surface area contributed by atoms with Gasteiger partial charge in [0, 0.05) is 12.4 Å². The fourth-order valence-corrected chi connectivity index (χ4v) is 1.87. The number of alkyl halides is 3. The average Bonchev–Trinajstić information content (AvgIpc) is 2.45. The lowest BCUT2D eigenvalue weighted by atomic mass is 10.0. The molecule has 4 nitrogen and oxygen atoms in total. The number of hydrogen-bond donors (Lipinski definition) is 1. The summed E-state index contributed by atoms with van der Waals surface area (Å²) in [6.07, 6.45) is -1.76. The van der Waals surface area contributed by atoms with Crippen molar-refractivity contribution in [1.29, 1.82) is 0 Å². The fraction of sp³-hybridized carbons (Fsp3) is 0.357. The van der Waals surface area contributed by atoms with E-state index in [4.69, 9.17) is 0 Å². The van der Waals surface area contributed by atoms with Gasteiger partial charge in [0.15, 0.2) is 0 Å². The first-order chi connectivity index (χ1) is 9.88. The molecule has 0 aliphatic carbocycles. The van der Waals surface area contributed by atoms with E-state index < -0.39 is 11.9 Å². The molecular weight excluding hydrogens is 281 g/mol. The number of anilines is 1. The summed E-state index contributed by atoms with van der Waals surface area (Å²) in [4.78, 5) is 11.6. The summed E-state index contributed by atoms with van der Waals surface area (Å²) in [5, 5.41) is 2.92. The van der Waals surface area contributed by atoms with Gasteiger partial charge in [-0.1, -0.05) is 19.9 Å². The van der Waals surface area contributed by atoms with E-state index in [1.54, 1.807) is 12.3 Å². The molecule has 0 fully saturated rings. The van der Waals surface area contributed by atoms with Gasteiger partial charge in [0.05, 0.1) is 11.7 Å². The van der Waals surface area contributed by atoms with Gasteiger partial charge in [-0.05, 0) is 24.1 Å². The molecule has 21 heavy (non-hydrogen) atoms. The second-order valence-corrected chi connectivity index (χ2v) is 4.88. The summed E-state index contributed by atoms with van der Waals surface area (Å²) >= 11 is 0. The number of rotatable bonds is 4. The predicted molar refractivity (Wildman–Crippen MR) is 72.5 cm³/mol. The number of aromatic nitrogens is 3. The summed E-state index contributed by atoms with van der Waals surface area (Å²) in [5.41, 5.74) is -0.239. The Morgan fingerprint density at radius 2 is 1.81 bits per heavy atom. The minimum atomic E-state index is -4.49. The van der Waals surface area contributed by atoms with E-state index in [1.165, 1.54) is 0 Å². The molecule has 0 amide bonds. The molecule has 0 saturated heterocycles. The molecule has 0 aliphatic heterocycles.